The van der Waals surface area contributed by atoms with Crippen molar-refractivity contribution in [2.24, 2.45) is 5.73 Å². The summed E-state index contributed by atoms with van der Waals surface area (Å²) in [5.41, 5.74) is 6.40. The van der Waals surface area contributed by atoms with Crippen LogP contribution in [0.1, 0.15) is 24.2 Å². The first-order chi connectivity index (χ1) is 8.74. The Kier molecular flexibility index (Phi) is 4.17. The van der Waals surface area contributed by atoms with E-state index >= 15 is 0 Å². The molecule has 2 aromatic rings. The molecule has 0 aliphatic carbocycles. The zero-order valence-corrected chi connectivity index (χ0v) is 10.8. The van der Waals surface area contributed by atoms with Gasteiger partial charge in [0.15, 0.2) is 12.4 Å². The third kappa shape index (κ3) is 2.80. The molecule has 1 aromatic carbocycles. The van der Waals surface area contributed by atoms with E-state index in [4.69, 9.17) is 26.6 Å². The van der Waals surface area contributed by atoms with Gasteiger partial charge in [-0.1, -0.05) is 29.7 Å². The van der Waals surface area contributed by atoms with E-state index in [0.717, 1.165) is 12.0 Å². The normalized spacial score (nSPS) is 10.6. The standard InChI is InChI=1S/C12H14ClN3O2/c1-2-11-15-12(18-16-11)7-17-10-5-3-4-9(13)8(10)6-14/h3-5H,2,6-7,14H2,1H3. The van der Waals surface area contributed by atoms with E-state index in [1.165, 1.54) is 0 Å². The Bertz CT molecular complexity index is 528. The van der Waals surface area contributed by atoms with Crippen LogP contribution in [-0.4, -0.2) is 10.1 Å². The van der Waals surface area contributed by atoms with Crippen molar-refractivity contribution in [3.8, 4) is 5.75 Å². The minimum absolute atomic E-state index is 0.209. The van der Waals surface area contributed by atoms with Gasteiger partial charge in [-0.25, -0.2) is 0 Å². The van der Waals surface area contributed by atoms with E-state index in [9.17, 15) is 0 Å². The minimum atomic E-state index is 0.209. The highest BCUT2D eigenvalue weighted by Crippen LogP contribution is 2.26. The van der Waals surface area contributed by atoms with Gasteiger partial charge in [0.2, 0.25) is 0 Å². The van der Waals surface area contributed by atoms with Gasteiger partial charge < -0.3 is 15.0 Å². The summed E-state index contributed by atoms with van der Waals surface area (Å²) in [4.78, 5) is 4.15. The Balaban J connectivity index is 2.08. The Morgan fingerprint density at radius 3 is 2.94 bits per heavy atom. The van der Waals surface area contributed by atoms with Gasteiger partial charge in [-0.2, -0.15) is 4.98 Å². The Morgan fingerprint density at radius 2 is 2.28 bits per heavy atom. The summed E-state index contributed by atoms with van der Waals surface area (Å²) in [5, 5.41) is 4.38. The lowest BCUT2D eigenvalue weighted by Crippen LogP contribution is -2.03. The molecule has 1 aromatic heterocycles. The van der Waals surface area contributed by atoms with E-state index in [-0.39, 0.29) is 6.61 Å². The van der Waals surface area contributed by atoms with Crippen LogP contribution in [0, 0.1) is 0 Å². The van der Waals surface area contributed by atoms with Crippen molar-refractivity contribution in [2.75, 3.05) is 0 Å². The zero-order chi connectivity index (χ0) is 13.0. The summed E-state index contributed by atoms with van der Waals surface area (Å²) in [6, 6.07) is 5.39. The van der Waals surface area contributed by atoms with Crippen LogP contribution < -0.4 is 10.5 Å². The van der Waals surface area contributed by atoms with Crippen molar-refractivity contribution in [3.05, 3.63) is 40.5 Å². The van der Waals surface area contributed by atoms with Crippen molar-refractivity contribution in [1.82, 2.24) is 10.1 Å². The molecule has 0 saturated heterocycles. The van der Waals surface area contributed by atoms with Gasteiger partial charge in [0.1, 0.15) is 5.75 Å². The van der Waals surface area contributed by atoms with Crippen molar-refractivity contribution >= 4 is 11.6 Å². The summed E-state index contributed by atoms with van der Waals surface area (Å²) in [6.07, 6.45) is 0.731. The lowest BCUT2D eigenvalue weighted by molar-refractivity contribution is 0.240. The van der Waals surface area contributed by atoms with Crippen LogP contribution in [0.25, 0.3) is 0 Å². The van der Waals surface area contributed by atoms with Crippen LogP contribution in [0.5, 0.6) is 5.75 Å². The summed E-state index contributed by atoms with van der Waals surface area (Å²) in [6.45, 7) is 2.48. The van der Waals surface area contributed by atoms with Gasteiger partial charge in [-0.3, -0.25) is 0 Å². The molecular formula is C12H14ClN3O2. The molecule has 0 aliphatic rings. The molecule has 2 N–H and O–H groups in total. The molecule has 2 rings (SSSR count). The third-order valence-corrected chi connectivity index (χ3v) is 2.81. The Hall–Kier alpha value is -1.59. The third-order valence-electron chi connectivity index (χ3n) is 2.46. The lowest BCUT2D eigenvalue weighted by Gasteiger charge is -2.09. The number of aryl methyl sites for hydroxylation is 1. The average Bonchev–Trinajstić information content (AvgIpc) is 2.84. The van der Waals surface area contributed by atoms with Gasteiger partial charge >= 0.3 is 0 Å². The zero-order valence-electron chi connectivity index (χ0n) is 10.0. The highest BCUT2D eigenvalue weighted by molar-refractivity contribution is 6.31. The maximum absolute atomic E-state index is 6.03. The molecule has 0 bridgehead atoms. The van der Waals surface area contributed by atoms with Gasteiger partial charge in [0, 0.05) is 23.6 Å². The van der Waals surface area contributed by atoms with Gasteiger partial charge in [-0.05, 0) is 12.1 Å². The van der Waals surface area contributed by atoms with Crippen molar-refractivity contribution in [3.63, 3.8) is 0 Å². The largest absolute Gasteiger partial charge is 0.483 e. The summed E-state index contributed by atoms with van der Waals surface area (Å²) in [7, 11) is 0. The minimum Gasteiger partial charge on any atom is -0.483 e. The number of rotatable bonds is 5. The van der Waals surface area contributed by atoms with Crippen LogP contribution in [0.3, 0.4) is 0 Å². The molecule has 5 nitrogen and oxygen atoms in total. The first-order valence-electron chi connectivity index (χ1n) is 5.66. The summed E-state index contributed by atoms with van der Waals surface area (Å²) >= 11 is 6.03. The number of aromatic nitrogens is 2. The van der Waals surface area contributed by atoms with Crippen LogP contribution in [0.2, 0.25) is 5.02 Å². The van der Waals surface area contributed by atoms with E-state index in [2.05, 4.69) is 10.1 Å². The number of ether oxygens (including phenoxy) is 1. The molecule has 1 heterocycles. The van der Waals surface area contributed by atoms with Crippen LogP contribution >= 0.6 is 11.6 Å². The number of nitrogens with zero attached hydrogens (tertiary/aromatic N) is 2. The molecular weight excluding hydrogens is 254 g/mol. The predicted molar refractivity (Wildman–Crippen MR) is 67.4 cm³/mol. The maximum Gasteiger partial charge on any atom is 0.264 e. The van der Waals surface area contributed by atoms with Crippen LogP contribution in [0.15, 0.2) is 22.7 Å². The van der Waals surface area contributed by atoms with Crippen LogP contribution in [-0.2, 0) is 19.6 Å². The summed E-state index contributed by atoms with van der Waals surface area (Å²) < 4.78 is 10.6. The van der Waals surface area contributed by atoms with Crippen molar-refractivity contribution < 1.29 is 9.26 Å². The number of nitrogens with two attached hydrogens (primary N) is 1. The average molecular weight is 268 g/mol. The van der Waals surface area contributed by atoms with E-state index in [1.807, 2.05) is 19.1 Å². The quantitative estimate of drug-likeness (QED) is 0.900. The predicted octanol–water partition coefficient (Wildman–Crippen LogP) is 2.32. The van der Waals surface area contributed by atoms with Gasteiger partial charge in [0.05, 0.1) is 0 Å². The first-order valence-corrected chi connectivity index (χ1v) is 6.04. The van der Waals surface area contributed by atoms with Gasteiger partial charge in [-0.15, -0.1) is 0 Å². The van der Waals surface area contributed by atoms with Crippen LogP contribution in [0.4, 0.5) is 0 Å². The fourth-order valence-corrected chi connectivity index (χ4v) is 1.75. The van der Waals surface area contributed by atoms with E-state index in [0.29, 0.717) is 29.0 Å². The smallest absolute Gasteiger partial charge is 0.264 e. The second kappa shape index (κ2) is 5.84. The molecule has 0 aliphatic heterocycles. The molecule has 0 unspecified atom stereocenters. The number of benzene rings is 1. The molecule has 18 heavy (non-hydrogen) atoms. The summed E-state index contributed by atoms with van der Waals surface area (Å²) in [5.74, 6) is 1.75. The Morgan fingerprint density at radius 1 is 1.44 bits per heavy atom. The highest BCUT2D eigenvalue weighted by Gasteiger charge is 2.09. The van der Waals surface area contributed by atoms with E-state index in [1.54, 1.807) is 6.07 Å². The molecule has 6 heteroatoms. The molecule has 0 amide bonds. The highest BCUT2D eigenvalue weighted by atomic mass is 35.5. The molecule has 0 spiro atoms. The van der Waals surface area contributed by atoms with E-state index < -0.39 is 0 Å². The molecule has 96 valence electrons. The number of halogens is 1. The fraction of sp³-hybridized carbons (Fsp3) is 0.333. The Labute approximate surface area is 110 Å². The molecule has 0 atom stereocenters. The maximum atomic E-state index is 6.03. The molecule has 0 saturated carbocycles. The fourth-order valence-electron chi connectivity index (χ4n) is 1.50. The SMILES string of the molecule is CCc1noc(COc2cccc(Cl)c2CN)n1. The second-order valence-electron chi connectivity index (χ2n) is 3.67. The monoisotopic (exact) mass is 267 g/mol. The van der Waals surface area contributed by atoms with Crippen molar-refractivity contribution in [1.29, 1.82) is 0 Å². The number of hydrogen-bond donors (Lipinski definition) is 1. The topological polar surface area (TPSA) is 74.2 Å². The second-order valence-corrected chi connectivity index (χ2v) is 4.07. The first kappa shape index (κ1) is 12.9. The molecule has 0 radical (unpaired) electrons. The number of hydrogen-bond acceptors (Lipinski definition) is 5. The lowest BCUT2D eigenvalue weighted by atomic mass is 10.2. The van der Waals surface area contributed by atoms with Crippen molar-refractivity contribution in [2.45, 2.75) is 26.5 Å². The molecule has 0 fully saturated rings. The van der Waals surface area contributed by atoms with Gasteiger partial charge in [0.25, 0.3) is 5.89 Å².